The van der Waals surface area contributed by atoms with Gasteiger partial charge in [-0.25, -0.2) is 4.98 Å². The Bertz CT molecular complexity index is 615. The van der Waals surface area contributed by atoms with E-state index < -0.39 is 0 Å². The lowest BCUT2D eigenvalue weighted by molar-refractivity contribution is -0.129. The molecule has 1 aromatic carbocycles. The Morgan fingerprint density at radius 1 is 1.35 bits per heavy atom. The number of hydrogen-bond donors (Lipinski definition) is 2. The van der Waals surface area contributed by atoms with E-state index in [4.69, 9.17) is 0 Å². The highest BCUT2D eigenvalue weighted by Gasteiger charge is 2.16. The molecule has 20 heavy (non-hydrogen) atoms. The highest BCUT2D eigenvalue weighted by Crippen LogP contribution is 2.17. The van der Waals surface area contributed by atoms with E-state index in [0.717, 1.165) is 43.2 Å². The number of nitrogens with zero attached hydrogens (tertiary/aromatic N) is 3. The number of rotatable bonds is 3. The van der Waals surface area contributed by atoms with Crippen LogP contribution in [-0.4, -0.2) is 53.1 Å². The molecule has 0 unspecified atom stereocenters. The summed E-state index contributed by atoms with van der Waals surface area (Å²) in [7, 11) is 1.95. The quantitative estimate of drug-likeness (QED) is 0.850. The normalized spacial score (nSPS) is 15.6. The Hall–Kier alpha value is -2.08. The first-order valence-corrected chi connectivity index (χ1v) is 6.89. The summed E-state index contributed by atoms with van der Waals surface area (Å²) < 4.78 is 1.97. The van der Waals surface area contributed by atoms with Crippen LogP contribution in [-0.2, 0) is 11.8 Å². The molecule has 0 bridgehead atoms. The predicted molar refractivity (Wildman–Crippen MR) is 78.7 cm³/mol. The van der Waals surface area contributed by atoms with E-state index in [0.29, 0.717) is 0 Å². The summed E-state index contributed by atoms with van der Waals surface area (Å²) in [5.41, 5.74) is 2.00. The number of fused-ring (bicyclic) bond motifs is 1. The number of carbonyl (C=O) groups excluding carboxylic acids is 1. The van der Waals surface area contributed by atoms with Crippen molar-refractivity contribution in [1.29, 1.82) is 0 Å². The van der Waals surface area contributed by atoms with E-state index in [1.165, 1.54) is 0 Å². The molecule has 1 amide bonds. The maximum Gasteiger partial charge on any atom is 0.242 e. The highest BCUT2D eigenvalue weighted by molar-refractivity contribution is 5.82. The SMILES string of the molecule is Cn1c(NCC(=O)N2CCNCC2)nc2ccccc21. The fourth-order valence-electron chi connectivity index (χ4n) is 2.48. The van der Waals surface area contributed by atoms with E-state index >= 15 is 0 Å². The molecule has 0 radical (unpaired) electrons. The number of carbonyl (C=O) groups is 1. The minimum absolute atomic E-state index is 0.124. The average Bonchev–Trinajstić information content (AvgIpc) is 2.83. The van der Waals surface area contributed by atoms with Crippen LogP contribution >= 0.6 is 0 Å². The molecule has 1 saturated heterocycles. The second-order valence-corrected chi connectivity index (χ2v) is 4.97. The van der Waals surface area contributed by atoms with Gasteiger partial charge in [0.25, 0.3) is 0 Å². The zero-order chi connectivity index (χ0) is 13.9. The van der Waals surface area contributed by atoms with Crippen molar-refractivity contribution in [2.24, 2.45) is 7.05 Å². The molecule has 1 aliphatic heterocycles. The Morgan fingerprint density at radius 3 is 2.85 bits per heavy atom. The van der Waals surface area contributed by atoms with Crippen molar-refractivity contribution >= 4 is 22.9 Å². The van der Waals surface area contributed by atoms with Gasteiger partial charge in [0.15, 0.2) is 0 Å². The van der Waals surface area contributed by atoms with E-state index in [2.05, 4.69) is 15.6 Å². The molecule has 3 rings (SSSR count). The number of aromatic nitrogens is 2. The molecule has 1 aromatic heterocycles. The van der Waals surface area contributed by atoms with Crippen LogP contribution in [0.5, 0.6) is 0 Å². The van der Waals surface area contributed by atoms with Crippen molar-refractivity contribution in [3.8, 4) is 0 Å². The number of aryl methyl sites for hydroxylation is 1. The fourth-order valence-corrected chi connectivity index (χ4v) is 2.48. The van der Waals surface area contributed by atoms with Crippen LogP contribution in [0.1, 0.15) is 0 Å². The molecular weight excluding hydrogens is 254 g/mol. The maximum absolute atomic E-state index is 12.1. The number of benzene rings is 1. The smallest absolute Gasteiger partial charge is 0.242 e. The van der Waals surface area contributed by atoms with Gasteiger partial charge in [-0.1, -0.05) is 12.1 Å². The molecule has 2 aromatic rings. The monoisotopic (exact) mass is 273 g/mol. The summed E-state index contributed by atoms with van der Waals surface area (Å²) in [6.45, 7) is 3.60. The topological polar surface area (TPSA) is 62.2 Å². The molecule has 6 heteroatoms. The molecular formula is C14H19N5O. The van der Waals surface area contributed by atoms with Gasteiger partial charge in [0.2, 0.25) is 11.9 Å². The zero-order valence-electron chi connectivity index (χ0n) is 11.6. The van der Waals surface area contributed by atoms with E-state index in [1.807, 2.05) is 40.8 Å². The Morgan fingerprint density at radius 2 is 2.10 bits per heavy atom. The molecule has 1 fully saturated rings. The van der Waals surface area contributed by atoms with Gasteiger partial charge in [0.05, 0.1) is 17.6 Å². The van der Waals surface area contributed by atoms with Crippen molar-refractivity contribution in [3.05, 3.63) is 24.3 Å². The van der Waals surface area contributed by atoms with Gasteiger partial charge in [-0.3, -0.25) is 4.79 Å². The van der Waals surface area contributed by atoms with E-state index in [9.17, 15) is 4.79 Å². The fraction of sp³-hybridized carbons (Fsp3) is 0.429. The van der Waals surface area contributed by atoms with Crippen molar-refractivity contribution in [2.45, 2.75) is 0 Å². The van der Waals surface area contributed by atoms with Crippen LogP contribution in [0.4, 0.5) is 5.95 Å². The van der Waals surface area contributed by atoms with Crippen molar-refractivity contribution in [2.75, 3.05) is 38.0 Å². The van der Waals surface area contributed by atoms with Crippen molar-refractivity contribution in [3.63, 3.8) is 0 Å². The van der Waals surface area contributed by atoms with Crippen LogP contribution < -0.4 is 10.6 Å². The first kappa shape index (κ1) is 12.9. The third-order valence-electron chi connectivity index (χ3n) is 3.65. The minimum atomic E-state index is 0.124. The second-order valence-electron chi connectivity index (χ2n) is 4.97. The van der Waals surface area contributed by atoms with Gasteiger partial charge >= 0.3 is 0 Å². The number of hydrogen-bond acceptors (Lipinski definition) is 4. The summed E-state index contributed by atoms with van der Waals surface area (Å²) >= 11 is 0. The van der Waals surface area contributed by atoms with Crippen LogP contribution in [0.2, 0.25) is 0 Å². The standard InChI is InChI=1S/C14H19N5O/c1-18-12-5-3-2-4-11(12)17-14(18)16-10-13(20)19-8-6-15-7-9-19/h2-5,15H,6-10H2,1H3,(H,16,17). The van der Waals surface area contributed by atoms with Crippen LogP contribution in [0.3, 0.4) is 0 Å². The van der Waals surface area contributed by atoms with Gasteiger partial charge in [-0.15, -0.1) is 0 Å². The summed E-state index contributed by atoms with van der Waals surface area (Å²) in [5, 5.41) is 6.38. The molecule has 0 saturated carbocycles. The first-order valence-electron chi connectivity index (χ1n) is 6.89. The summed E-state index contributed by atoms with van der Waals surface area (Å²) in [6.07, 6.45) is 0. The van der Waals surface area contributed by atoms with Gasteiger partial charge in [-0.2, -0.15) is 0 Å². The number of amides is 1. The highest BCUT2D eigenvalue weighted by atomic mass is 16.2. The maximum atomic E-state index is 12.1. The van der Waals surface area contributed by atoms with Gasteiger partial charge in [0, 0.05) is 33.2 Å². The van der Waals surface area contributed by atoms with Gasteiger partial charge < -0.3 is 20.1 Å². The molecule has 1 aliphatic rings. The molecule has 0 atom stereocenters. The zero-order valence-corrected chi connectivity index (χ0v) is 11.6. The lowest BCUT2D eigenvalue weighted by atomic mass is 10.3. The summed E-state index contributed by atoms with van der Waals surface area (Å²) in [4.78, 5) is 18.5. The molecule has 6 nitrogen and oxygen atoms in total. The van der Waals surface area contributed by atoms with Crippen molar-refractivity contribution < 1.29 is 4.79 Å². The number of para-hydroxylation sites is 2. The van der Waals surface area contributed by atoms with Gasteiger partial charge in [-0.05, 0) is 12.1 Å². The first-order chi connectivity index (χ1) is 9.75. The lowest BCUT2D eigenvalue weighted by Crippen LogP contribution is -2.48. The number of anilines is 1. The third-order valence-corrected chi connectivity index (χ3v) is 3.65. The third kappa shape index (κ3) is 2.46. The predicted octanol–water partition coefficient (Wildman–Crippen LogP) is 0.417. The molecule has 2 N–H and O–H groups in total. The minimum Gasteiger partial charge on any atom is -0.347 e. The average molecular weight is 273 g/mol. The van der Waals surface area contributed by atoms with E-state index in [-0.39, 0.29) is 12.5 Å². The largest absolute Gasteiger partial charge is 0.347 e. The van der Waals surface area contributed by atoms with Gasteiger partial charge in [0.1, 0.15) is 0 Å². The molecule has 2 heterocycles. The van der Waals surface area contributed by atoms with Crippen LogP contribution in [0, 0.1) is 0 Å². The second kappa shape index (κ2) is 5.50. The van der Waals surface area contributed by atoms with E-state index in [1.54, 1.807) is 0 Å². The number of piperazine rings is 1. The lowest BCUT2D eigenvalue weighted by Gasteiger charge is -2.27. The molecule has 106 valence electrons. The molecule has 0 aliphatic carbocycles. The molecule has 0 spiro atoms. The Labute approximate surface area is 117 Å². The number of imidazole rings is 1. The summed E-state index contributed by atoms with van der Waals surface area (Å²) in [5.74, 6) is 0.855. The van der Waals surface area contributed by atoms with Crippen molar-refractivity contribution in [1.82, 2.24) is 19.8 Å². The van der Waals surface area contributed by atoms with Crippen LogP contribution in [0.15, 0.2) is 24.3 Å². The Kier molecular flexibility index (Phi) is 3.56. The van der Waals surface area contributed by atoms with Crippen LogP contribution in [0.25, 0.3) is 11.0 Å². The summed E-state index contributed by atoms with van der Waals surface area (Å²) in [6, 6.07) is 7.94. The number of nitrogens with one attached hydrogen (secondary N) is 2. The Balaban J connectivity index is 1.67.